The van der Waals surface area contributed by atoms with E-state index in [2.05, 4.69) is 16.5 Å². The minimum absolute atomic E-state index is 0. The van der Waals surface area contributed by atoms with E-state index in [1.807, 2.05) is 32.2 Å². The van der Waals surface area contributed by atoms with Crippen LogP contribution in [0, 0.1) is 6.92 Å². The summed E-state index contributed by atoms with van der Waals surface area (Å²) >= 11 is 0. The lowest BCUT2D eigenvalue weighted by molar-refractivity contribution is 0.432. The summed E-state index contributed by atoms with van der Waals surface area (Å²) in [7, 11) is 1.89. The number of aryl methyl sites for hydroxylation is 2. The van der Waals surface area contributed by atoms with Crippen LogP contribution in [0.2, 0.25) is 0 Å². The molecule has 1 aromatic heterocycles. The molecule has 0 aliphatic carbocycles. The number of anilines is 1. The van der Waals surface area contributed by atoms with Crippen molar-refractivity contribution in [2.75, 3.05) is 5.32 Å². The molecule has 4 nitrogen and oxygen atoms in total. The van der Waals surface area contributed by atoms with Gasteiger partial charge < -0.3 is 10.1 Å². The van der Waals surface area contributed by atoms with Crippen LogP contribution in [0.3, 0.4) is 0 Å². The number of fused-ring (bicyclic) bond motifs is 2. The third-order valence-corrected chi connectivity index (χ3v) is 2.80. The normalized spacial score (nSPS) is 12.4. The van der Waals surface area contributed by atoms with Gasteiger partial charge in [-0.2, -0.15) is 5.10 Å². The average Bonchev–Trinajstić information content (AvgIpc) is 2.49. The number of halogens is 1. The zero-order valence-corrected chi connectivity index (χ0v) is 10.5. The van der Waals surface area contributed by atoms with Crippen molar-refractivity contribution < 1.29 is 4.74 Å². The van der Waals surface area contributed by atoms with Gasteiger partial charge in [0.05, 0.1) is 5.69 Å². The van der Waals surface area contributed by atoms with Gasteiger partial charge in [0, 0.05) is 19.2 Å². The van der Waals surface area contributed by atoms with E-state index < -0.39 is 0 Å². The molecular weight excluding hydrogens is 238 g/mol. The van der Waals surface area contributed by atoms with Crippen LogP contribution >= 0.6 is 12.4 Å². The van der Waals surface area contributed by atoms with E-state index in [1.54, 1.807) is 4.68 Å². The van der Waals surface area contributed by atoms with Crippen molar-refractivity contribution >= 4 is 18.1 Å². The number of hydrogen-bond donors (Lipinski definition) is 1. The monoisotopic (exact) mass is 251 g/mol. The van der Waals surface area contributed by atoms with Gasteiger partial charge in [-0.25, -0.2) is 4.68 Å². The fourth-order valence-corrected chi connectivity index (χ4v) is 1.99. The summed E-state index contributed by atoms with van der Waals surface area (Å²) in [6.07, 6.45) is 0. The largest absolute Gasteiger partial charge is 0.437 e. The smallest absolute Gasteiger partial charge is 0.241 e. The van der Waals surface area contributed by atoms with Crippen molar-refractivity contribution in [2.45, 2.75) is 13.5 Å². The number of rotatable bonds is 0. The number of nitrogens with one attached hydrogen (secondary N) is 1. The van der Waals surface area contributed by atoms with Gasteiger partial charge in [-0.15, -0.1) is 12.4 Å². The third-order valence-electron chi connectivity index (χ3n) is 2.80. The fraction of sp³-hybridized carbons (Fsp3) is 0.250. The summed E-state index contributed by atoms with van der Waals surface area (Å²) in [4.78, 5) is 0. The molecule has 5 heteroatoms. The van der Waals surface area contributed by atoms with Crippen LogP contribution in [-0.4, -0.2) is 9.78 Å². The van der Waals surface area contributed by atoms with Crippen molar-refractivity contribution in [1.29, 1.82) is 0 Å². The Morgan fingerprint density at radius 1 is 1.35 bits per heavy atom. The van der Waals surface area contributed by atoms with E-state index >= 15 is 0 Å². The molecule has 0 spiro atoms. The Labute approximate surface area is 106 Å². The second kappa shape index (κ2) is 4.30. The molecule has 0 atom stereocenters. The molecule has 0 radical (unpaired) electrons. The number of hydrogen-bond acceptors (Lipinski definition) is 3. The lowest BCUT2D eigenvalue weighted by atomic mass is 10.2. The Morgan fingerprint density at radius 2 is 2.12 bits per heavy atom. The van der Waals surface area contributed by atoms with E-state index in [4.69, 9.17) is 4.74 Å². The fourth-order valence-electron chi connectivity index (χ4n) is 1.99. The standard InChI is InChI=1S/C12H13N3O.ClH/c1-8-11-12(15(2)14-8)16-10-6-4-3-5-9(10)7-13-11;/h3-6,13H,7H2,1-2H3;1H. The first-order chi connectivity index (χ1) is 7.75. The molecule has 2 aromatic rings. The van der Waals surface area contributed by atoms with Gasteiger partial charge >= 0.3 is 0 Å². The Balaban J connectivity index is 0.00000108. The van der Waals surface area contributed by atoms with Crippen molar-refractivity contribution in [3.05, 3.63) is 35.5 Å². The van der Waals surface area contributed by atoms with E-state index in [9.17, 15) is 0 Å². The van der Waals surface area contributed by atoms with Crippen molar-refractivity contribution in [1.82, 2.24) is 9.78 Å². The Hall–Kier alpha value is -1.68. The molecule has 1 aliphatic heterocycles. The molecule has 0 saturated heterocycles. The van der Waals surface area contributed by atoms with Gasteiger partial charge in [0.25, 0.3) is 0 Å². The highest BCUT2D eigenvalue weighted by molar-refractivity contribution is 5.85. The van der Waals surface area contributed by atoms with Gasteiger partial charge in [0.2, 0.25) is 5.88 Å². The van der Waals surface area contributed by atoms with Gasteiger partial charge in [-0.3, -0.25) is 0 Å². The predicted octanol–water partition coefficient (Wildman–Crippen LogP) is 2.87. The van der Waals surface area contributed by atoms with Crippen LogP contribution in [0.5, 0.6) is 11.6 Å². The zero-order valence-electron chi connectivity index (χ0n) is 9.73. The molecule has 0 unspecified atom stereocenters. The van der Waals surface area contributed by atoms with Gasteiger partial charge in [-0.1, -0.05) is 18.2 Å². The Kier molecular flexibility index (Phi) is 2.98. The van der Waals surface area contributed by atoms with Crippen LogP contribution in [0.1, 0.15) is 11.3 Å². The van der Waals surface area contributed by atoms with E-state index in [1.165, 1.54) is 0 Å². The van der Waals surface area contributed by atoms with Crippen LogP contribution in [0.15, 0.2) is 24.3 Å². The van der Waals surface area contributed by atoms with Crippen molar-refractivity contribution in [2.24, 2.45) is 7.05 Å². The van der Waals surface area contributed by atoms with E-state index in [0.29, 0.717) is 0 Å². The molecular formula is C12H14ClN3O. The molecule has 3 rings (SSSR count). The van der Waals surface area contributed by atoms with Crippen LogP contribution in [-0.2, 0) is 13.6 Å². The number of nitrogens with zero attached hydrogens (tertiary/aromatic N) is 2. The average molecular weight is 252 g/mol. The maximum atomic E-state index is 5.89. The highest BCUT2D eigenvalue weighted by atomic mass is 35.5. The van der Waals surface area contributed by atoms with Crippen molar-refractivity contribution in [3.8, 4) is 11.6 Å². The molecule has 0 amide bonds. The molecule has 1 aromatic carbocycles. The SMILES string of the molecule is Cc1nn(C)c2c1NCc1ccccc1O2.Cl. The second-order valence-electron chi connectivity index (χ2n) is 3.95. The number of ether oxygens (including phenoxy) is 1. The third kappa shape index (κ3) is 1.85. The maximum absolute atomic E-state index is 5.89. The van der Waals surface area contributed by atoms with Gasteiger partial charge in [0.1, 0.15) is 11.4 Å². The predicted molar refractivity (Wildman–Crippen MR) is 69.0 cm³/mol. The summed E-state index contributed by atoms with van der Waals surface area (Å²) < 4.78 is 7.66. The number of para-hydroxylation sites is 1. The minimum Gasteiger partial charge on any atom is -0.437 e. The number of benzene rings is 1. The highest BCUT2D eigenvalue weighted by Gasteiger charge is 2.19. The highest BCUT2D eigenvalue weighted by Crippen LogP contribution is 2.36. The Morgan fingerprint density at radius 3 is 2.94 bits per heavy atom. The van der Waals surface area contributed by atoms with E-state index in [-0.39, 0.29) is 12.4 Å². The summed E-state index contributed by atoms with van der Waals surface area (Å²) in [5.74, 6) is 1.68. The molecule has 0 fully saturated rings. The summed E-state index contributed by atoms with van der Waals surface area (Å²) in [6.45, 7) is 2.75. The lowest BCUT2D eigenvalue weighted by Gasteiger charge is -2.06. The molecule has 1 aliphatic rings. The lowest BCUT2D eigenvalue weighted by Crippen LogP contribution is -1.97. The van der Waals surface area contributed by atoms with Crippen LogP contribution in [0.25, 0.3) is 0 Å². The van der Waals surface area contributed by atoms with Crippen LogP contribution < -0.4 is 10.1 Å². The second-order valence-corrected chi connectivity index (χ2v) is 3.95. The Bertz CT molecular complexity index is 551. The molecule has 0 bridgehead atoms. The molecule has 90 valence electrons. The first-order valence-corrected chi connectivity index (χ1v) is 5.29. The van der Waals surface area contributed by atoms with Crippen LogP contribution in [0.4, 0.5) is 5.69 Å². The first kappa shape index (κ1) is 11.8. The first-order valence-electron chi connectivity index (χ1n) is 5.29. The molecule has 0 saturated carbocycles. The maximum Gasteiger partial charge on any atom is 0.241 e. The topological polar surface area (TPSA) is 39.1 Å². The molecule has 1 N–H and O–H groups in total. The van der Waals surface area contributed by atoms with Crippen molar-refractivity contribution in [3.63, 3.8) is 0 Å². The van der Waals surface area contributed by atoms with Gasteiger partial charge in [0.15, 0.2) is 0 Å². The van der Waals surface area contributed by atoms with E-state index in [0.717, 1.165) is 35.1 Å². The molecule has 17 heavy (non-hydrogen) atoms. The number of aromatic nitrogens is 2. The zero-order chi connectivity index (χ0) is 11.1. The summed E-state index contributed by atoms with van der Waals surface area (Å²) in [5.41, 5.74) is 3.11. The summed E-state index contributed by atoms with van der Waals surface area (Å²) in [5, 5.41) is 7.70. The summed E-state index contributed by atoms with van der Waals surface area (Å²) in [6, 6.07) is 8.05. The molecule has 2 heterocycles. The van der Waals surface area contributed by atoms with Gasteiger partial charge in [-0.05, 0) is 13.0 Å². The quantitative estimate of drug-likeness (QED) is 0.783. The minimum atomic E-state index is 0.